The number of aliphatic carboxylic acids is 1. The van der Waals surface area contributed by atoms with Gasteiger partial charge in [0, 0.05) is 35.1 Å². The van der Waals surface area contributed by atoms with Crippen LogP contribution < -0.4 is 0 Å². The normalized spacial score (nSPS) is 11.5. The summed E-state index contributed by atoms with van der Waals surface area (Å²) in [5.74, 6) is -2.06. The average Bonchev–Trinajstić information content (AvgIpc) is 2.38. The fourth-order valence-electron chi connectivity index (χ4n) is 1.80. The van der Waals surface area contributed by atoms with E-state index in [-0.39, 0.29) is 29.6 Å². The van der Waals surface area contributed by atoms with E-state index in [4.69, 9.17) is 5.11 Å². The van der Waals surface area contributed by atoms with E-state index < -0.39 is 17.7 Å². The standard InChI is InChI=1S/C15H13FO2.Na/c1-10(15(17)18)12-7-8-13(14(16)9-12)11-5-3-2-4-6-11;/h2-10H,1H3,(H,17,18);. The first-order valence-corrected chi connectivity index (χ1v) is 5.67. The second-order valence-corrected chi connectivity index (χ2v) is 4.17. The summed E-state index contributed by atoms with van der Waals surface area (Å²) in [4.78, 5) is 10.8. The van der Waals surface area contributed by atoms with Crippen molar-refractivity contribution in [3.63, 3.8) is 0 Å². The van der Waals surface area contributed by atoms with Crippen molar-refractivity contribution in [2.24, 2.45) is 0 Å². The van der Waals surface area contributed by atoms with Crippen LogP contribution in [0.25, 0.3) is 11.1 Å². The van der Waals surface area contributed by atoms with Gasteiger partial charge in [-0.05, 0) is 24.1 Å². The molecular weight excluding hydrogens is 254 g/mol. The van der Waals surface area contributed by atoms with Gasteiger partial charge in [-0.15, -0.1) is 0 Å². The van der Waals surface area contributed by atoms with Gasteiger partial charge in [-0.3, -0.25) is 4.79 Å². The molecule has 0 bridgehead atoms. The van der Waals surface area contributed by atoms with Crippen molar-refractivity contribution in [3.05, 3.63) is 59.9 Å². The zero-order valence-corrected chi connectivity index (χ0v) is 12.9. The van der Waals surface area contributed by atoms with Crippen LogP contribution >= 0.6 is 0 Å². The Labute approximate surface area is 133 Å². The summed E-state index contributed by atoms with van der Waals surface area (Å²) in [6.45, 7) is 1.54. The molecule has 0 fully saturated rings. The number of carboxylic acids is 1. The third-order valence-corrected chi connectivity index (χ3v) is 2.95. The summed E-state index contributed by atoms with van der Waals surface area (Å²) in [7, 11) is 0. The SMILES string of the molecule is CC(C(=O)O)c1ccc(-c2ccccc2)c(F)c1.[Na]. The molecular formula is C15H13FNaO2. The molecule has 1 unspecified atom stereocenters. The number of hydrogen-bond acceptors (Lipinski definition) is 1. The second-order valence-electron chi connectivity index (χ2n) is 4.17. The molecule has 2 aromatic rings. The Bertz CT molecular complexity index is 570. The summed E-state index contributed by atoms with van der Waals surface area (Å²) >= 11 is 0. The summed E-state index contributed by atoms with van der Waals surface area (Å²) in [6.07, 6.45) is 0. The number of carbonyl (C=O) groups is 1. The monoisotopic (exact) mass is 267 g/mol. The Morgan fingerprint density at radius 1 is 1.16 bits per heavy atom. The minimum Gasteiger partial charge on any atom is -0.481 e. The topological polar surface area (TPSA) is 37.3 Å². The number of rotatable bonds is 3. The van der Waals surface area contributed by atoms with Gasteiger partial charge in [-0.25, -0.2) is 4.39 Å². The molecule has 0 heterocycles. The fourth-order valence-corrected chi connectivity index (χ4v) is 1.80. The number of halogens is 1. The van der Waals surface area contributed by atoms with Crippen molar-refractivity contribution in [3.8, 4) is 11.1 Å². The molecule has 93 valence electrons. The molecule has 0 aliphatic rings. The van der Waals surface area contributed by atoms with Crippen molar-refractivity contribution in [1.29, 1.82) is 0 Å². The molecule has 0 saturated heterocycles. The molecule has 19 heavy (non-hydrogen) atoms. The summed E-state index contributed by atoms with van der Waals surface area (Å²) in [6, 6.07) is 13.7. The smallest absolute Gasteiger partial charge is 0.310 e. The third-order valence-electron chi connectivity index (χ3n) is 2.95. The van der Waals surface area contributed by atoms with E-state index in [2.05, 4.69) is 0 Å². The van der Waals surface area contributed by atoms with Crippen LogP contribution in [-0.4, -0.2) is 40.6 Å². The molecule has 0 spiro atoms. The Balaban J connectivity index is 0.00000180. The van der Waals surface area contributed by atoms with Crippen LogP contribution in [0.3, 0.4) is 0 Å². The molecule has 4 heteroatoms. The van der Waals surface area contributed by atoms with E-state index in [1.165, 1.54) is 6.07 Å². The summed E-state index contributed by atoms with van der Waals surface area (Å²) < 4.78 is 14.0. The number of benzene rings is 2. The van der Waals surface area contributed by atoms with E-state index in [1.807, 2.05) is 30.3 Å². The van der Waals surface area contributed by atoms with Crippen LogP contribution in [-0.2, 0) is 4.79 Å². The van der Waals surface area contributed by atoms with Crippen LogP contribution in [0.2, 0.25) is 0 Å². The molecule has 0 saturated carbocycles. The summed E-state index contributed by atoms with van der Waals surface area (Å²) in [5.41, 5.74) is 1.74. The number of hydrogen-bond donors (Lipinski definition) is 1. The maximum atomic E-state index is 14.0. The zero-order valence-electron chi connectivity index (χ0n) is 10.9. The van der Waals surface area contributed by atoms with Crippen molar-refractivity contribution < 1.29 is 14.3 Å². The van der Waals surface area contributed by atoms with Crippen LogP contribution in [0.15, 0.2) is 48.5 Å². The molecule has 1 atom stereocenters. The Kier molecular flexibility index (Phi) is 5.73. The van der Waals surface area contributed by atoms with Crippen LogP contribution in [0.4, 0.5) is 4.39 Å². The van der Waals surface area contributed by atoms with Crippen LogP contribution in [0.5, 0.6) is 0 Å². The molecule has 2 aromatic carbocycles. The van der Waals surface area contributed by atoms with Gasteiger partial charge in [-0.2, -0.15) is 0 Å². The molecule has 2 nitrogen and oxygen atoms in total. The predicted molar refractivity (Wildman–Crippen MR) is 73.6 cm³/mol. The first-order valence-electron chi connectivity index (χ1n) is 5.67. The maximum absolute atomic E-state index is 14.0. The van der Waals surface area contributed by atoms with Gasteiger partial charge in [0.1, 0.15) is 5.82 Å². The molecule has 0 amide bonds. The van der Waals surface area contributed by atoms with Crippen molar-refractivity contribution in [1.82, 2.24) is 0 Å². The van der Waals surface area contributed by atoms with E-state index in [0.29, 0.717) is 11.1 Å². The minimum atomic E-state index is -0.957. The molecule has 1 radical (unpaired) electrons. The van der Waals surface area contributed by atoms with E-state index in [1.54, 1.807) is 19.1 Å². The van der Waals surface area contributed by atoms with Crippen molar-refractivity contribution in [2.45, 2.75) is 12.8 Å². The molecule has 1 N–H and O–H groups in total. The van der Waals surface area contributed by atoms with Gasteiger partial charge in [-0.1, -0.05) is 42.5 Å². The zero-order chi connectivity index (χ0) is 13.1. The Morgan fingerprint density at radius 3 is 2.32 bits per heavy atom. The van der Waals surface area contributed by atoms with Crippen LogP contribution in [0, 0.1) is 5.82 Å². The Hall–Kier alpha value is -1.16. The van der Waals surface area contributed by atoms with Gasteiger partial charge in [0.15, 0.2) is 0 Å². The molecule has 0 aliphatic carbocycles. The minimum absolute atomic E-state index is 0. The molecule has 2 rings (SSSR count). The first-order chi connectivity index (χ1) is 8.59. The predicted octanol–water partition coefficient (Wildman–Crippen LogP) is 3.30. The molecule has 0 aromatic heterocycles. The van der Waals surface area contributed by atoms with E-state index >= 15 is 0 Å². The number of carboxylic acid groups (broad SMARTS) is 1. The first kappa shape index (κ1) is 15.9. The van der Waals surface area contributed by atoms with Crippen LogP contribution in [0.1, 0.15) is 18.4 Å². The second kappa shape index (κ2) is 6.85. The maximum Gasteiger partial charge on any atom is 0.310 e. The van der Waals surface area contributed by atoms with Crippen molar-refractivity contribution in [2.75, 3.05) is 0 Å². The van der Waals surface area contributed by atoms with Gasteiger partial charge in [0.2, 0.25) is 0 Å². The van der Waals surface area contributed by atoms with Gasteiger partial charge in [0.05, 0.1) is 5.92 Å². The summed E-state index contributed by atoms with van der Waals surface area (Å²) in [5, 5.41) is 8.89. The largest absolute Gasteiger partial charge is 0.481 e. The van der Waals surface area contributed by atoms with Gasteiger partial charge >= 0.3 is 5.97 Å². The van der Waals surface area contributed by atoms with E-state index in [9.17, 15) is 9.18 Å². The molecule has 0 aliphatic heterocycles. The average molecular weight is 267 g/mol. The Morgan fingerprint density at radius 2 is 1.79 bits per heavy atom. The van der Waals surface area contributed by atoms with Gasteiger partial charge < -0.3 is 5.11 Å². The third kappa shape index (κ3) is 3.66. The van der Waals surface area contributed by atoms with Crippen molar-refractivity contribution >= 4 is 35.5 Å². The quantitative estimate of drug-likeness (QED) is 0.866. The fraction of sp³-hybridized carbons (Fsp3) is 0.133. The van der Waals surface area contributed by atoms with Gasteiger partial charge in [0.25, 0.3) is 0 Å². The van der Waals surface area contributed by atoms with E-state index in [0.717, 1.165) is 5.56 Å².